The van der Waals surface area contributed by atoms with E-state index in [9.17, 15) is 8.42 Å². The van der Waals surface area contributed by atoms with Crippen LogP contribution in [0, 0.1) is 11.3 Å². The number of anilines is 1. The molecule has 0 saturated carbocycles. The molecule has 0 radical (unpaired) electrons. The van der Waals surface area contributed by atoms with E-state index in [2.05, 4.69) is 0 Å². The average molecular weight is 316 g/mol. The Bertz CT molecular complexity index is 793. The largest absolute Gasteiger partial charge is 0.497 e. The third kappa shape index (κ3) is 3.05. The van der Waals surface area contributed by atoms with Crippen molar-refractivity contribution in [3.05, 3.63) is 54.1 Å². The third-order valence-electron chi connectivity index (χ3n) is 3.32. The molecule has 0 aliphatic rings. The molecule has 22 heavy (non-hydrogen) atoms. The van der Waals surface area contributed by atoms with Gasteiger partial charge in [0.15, 0.2) is 0 Å². The van der Waals surface area contributed by atoms with Crippen molar-refractivity contribution < 1.29 is 13.2 Å². The topological polar surface area (TPSA) is 70.4 Å². The van der Waals surface area contributed by atoms with Crippen LogP contribution in [0.1, 0.15) is 5.56 Å². The standard InChI is InChI=1S/C16H16N2O3S/c1-18(14-7-9-15(21-2)10-8-14)22(19,20)16-6-4-3-5-13(16)11-12-17/h3-10H,11H2,1-2H3. The maximum atomic E-state index is 12.8. The van der Waals surface area contributed by atoms with Crippen molar-refractivity contribution in [2.24, 2.45) is 0 Å². The fourth-order valence-electron chi connectivity index (χ4n) is 2.07. The Kier molecular flexibility index (Phi) is 4.68. The van der Waals surface area contributed by atoms with Crippen LogP contribution < -0.4 is 9.04 Å². The Morgan fingerprint density at radius 2 is 1.77 bits per heavy atom. The number of methoxy groups -OCH3 is 1. The maximum Gasteiger partial charge on any atom is 0.264 e. The smallest absolute Gasteiger partial charge is 0.264 e. The van der Waals surface area contributed by atoms with Gasteiger partial charge in [0.25, 0.3) is 10.0 Å². The van der Waals surface area contributed by atoms with Gasteiger partial charge in [-0.3, -0.25) is 4.31 Å². The van der Waals surface area contributed by atoms with Crippen LogP contribution in [0.25, 0.3) is 0 Å². The quantitative estimate of drug-likeness (QED) is 0.850. The van der Waals surface area contributed by atoms with E-state index in [1.165, 1.54) is 17.4 Å². The fraction of sp³-hybridized carbons (Fsp3) is 0.188. The van der Waals surface area contributed by atoms with Crippen molar-refractivity contribution in [3.8, 4) is 11.8 Å². The molecule has 0 heterocycles. The van der Waals surface area contributed by atoms with E-state index in [-0.39, 0.29) is 11.3 Å². The van der Waals surface area contributed by atoms with E-state index in [0.717, 1.165) is 0 Å². The van der Waals surface area contributed by atoms with Crippen LogP contribution in [0.3, 0.4) is 0 Å². The summed E-state index contributed by atoms with van der Waals surface area (Å²) in [7, 11) is -0.687. The lowest BCUT2D eigenvalue weighted by Crippen LogP contribution is -2.27. The predicted octanol–water partition coefficient (Wildman–Crippen LogP) is 2.59. The minimum Gasteiger partial charge on any atom is -0.497 e. The van der Waals surface area contributed by atoms with Gasteiger partial charge in [0.1, 0.15) is 5.75 Å². The van der Waals surface area contributed by atoms with Gasteiger partial charge in [0, 0.05) is 7.05 Å². The van der Waals surface area contributed by atoms with Crippen molar-refractivity contribution in [2.75, 3.05) is 18.5 Å². The number of nitrogens with zero attached hydrogens (tertiary/aromatic N) is 2. The Balaban J connectivity index is 2.43. The second-order valence-electron chi connectivity index (χ2n) is 4.61. The highest BCUT2D eigenvalue weighted by Gasteiger charge is 2.24. The van der Waals surface area contributed by atoms with Crippen molar-refractivity contribution in [3.63, 3.8) is 0 Å². The van der Waals surface area contributed by atoms with Crippen LogP contribution in [-0.2, 0) is 16.4 Å². The summed E-state index contributed by atoms with van der Waals surface area (Å²) < 4.78 is 31.8. The van der Waals surface area contributed by atoms with Crippen LogP contribution >= 0.6 is 0 Å². The molecule has 0 saturated heterocycles. The molecule has 0 aromatic heterocycles. The minimum atomic E-state index is -3.72. The zero-order valence-corrected chi connectivity index (χ0v) is 13.2. The first-order valence-electron chi connectivity index (χ1n) is 6.58. The Morgan fingerprint density at radius 3 is 2.36 bits per heavy atom. The van der Waals surface area contributed by atoms with Crippen LogP contribution in [0.4, 0.5) is 5.69 Å². The summed E-state index contributed by atoms with van der Waals surface area (Å²) in [6.45, 7) is 0. The van der Waals surface area contributed by atoms with Gasteiger partial charge in [-0.05, 0) is 35.9 Å². The van der Waals surface area contributed by atoms with Crippen molar-refractivity contribution in [2.45, 2.75) is 11.3 Å². The van der Waals surface area contributed by atoms with Gasteiger partial charge in [-0.15, -0.1) is 0 Å². The molecule has 0 amide bonds. The molecule has 0 spiro atoms. The summed E-state index contributed by atoms with van der Waals surface area (Å²) in [6, 6.07) is 15.3. The Labute approximate surface area is 130 Å². The molecular formula is C16H16N2O3S. The van der Waals surface area contributed by atoms with Gasteiger partial charge in [0.2, 0.25) is 0 Å². The van der Waals surface area contributed by atoms with Crippen molar-refractivity contribution >= 4 is 15.7 Å². The van der Waals surface area contributed by atoms with E-state index in [0.29, 0.717) is 17.0 Å². The molecule has 2 aromatic carbocycles. The first kappa shape index (κ1) is 15.9. The molecule has 0 bridgehead atoms. The zero-order valence-electron chi connectivity index (χ0n) is 12.4. The predicted molar refractivity (Wildman–Crippen MR) is 84.3 cm³/mol. The second kappa shape index (κ2) is 6.50. The first-order valence-corrected chi connectivity index (χ1v) is 8.02. The van der Waals surface area contributed by atoms with E-state index >= 15 is 0 Å². The summed E-state index contributed by atoms with van der Waals surface area (Å²) in [5.41, 5.74) is 1.01. The number of hydrogen-bond acceptors (Lipinski definition) is 4. The lowest BCUT2D eigenvalue weighted by molar-refractivity contribution is 0.415. The molecule has 2 rings (SSSR count). The SMILES string of the molecule is COc1ccc(N(C)S(=O)(=O)c2ccccc2CC#N)cc1. The lowest BCUT2D eigenvalue weighted by Gasteiger charge is -2.21. The molecule has 114 valence electrons. The summed E-state index contributed by atoms with van der Waals surface area (Å²) in [5.74, 6) is 0.652. The molecule has 0 aliphatic carbocycles. The molecule has 2 aromatic rings. The molecule has 0 fully saturated rings. The molecular weight excluding hydrogens is 300 g/mol. The third-order valence-corrected chi connectivity index (χ3v) is 5.20. The van der Waals surface area contributed by atoms with E-state index in [1.807, 2.05) is 6.07 Å². The highest BCUT2D eigenvalue weighted by atomic mass is 32.2. The number of sulfonamides is 1. The van der Waals surface area contributed by atoms with Gasteiger partial charge in [-0.2, -0.15) is 5.26 Å². The molecule has 5 nitrogen and oxygen atoms in total. The van der Waals surface area contributed by atoms with Gasteiger partial charge in [-0.1, -0.05) is 18.2 Å². The monoisotopic (exact) mass is 316 g/mol. The molecule has 0 unspecified atom stereocenters. The van der Waals surface area contributed by atoms with Gasteiger partial charge in [0.05, 0.1) is 30.2 Å². The molecule has 6 heteroatoms. The van der Waals surface area contributed by atoms with Crippen molar-refractivity contribution in [1.82, 2.24) is 0 Å². The van der Waals surface area contributed by atoms with Crippen LogP contribution in [0.15, 0.2) is 53.4 Å². The summed E-state index contributed by atoms with van der Waals surface area (Å²) in [5, 5.41) is 8.85. The molecule has 0 aliphatic heterocycles. The number of rotatable bonds is 5. The maximum absolute atomic E-state index is 12.8. The number of ether oxygens (including phenoxy) is 1. The number of benzene rings is 2. The van der Waals surface area contributed by atoms with Crippen molar-refractivity contribution in [1.29, 1.82) is 5.26 Å². The molecule has 0 N–H and O–H groups in total. The highest BCUT2D eigenvalue weighted by Crippen LogP contribution is 2.26. The zero-order chi connectivity index (χ0) is 16.2. The number of nitriles is 1. The number of hydrogen-bond donors (Lipinski definition) is 0. The lowest BCUT2D eigenvalue weighted by atomic mass is 10.2. The van der Waals surface area contributed by atoms with Crippen LogP contribution in [0.2, 0.25) is 0 Å². The van der Waals surface area contributed by atoms with E-state index in [1.54, 1.807) is 49.6 Å². The summed E-state index contributed by atoms with van der Waals surface area (Å²) in [6.07, 6.45) is 0.0475. The van der Waals surface area contributed by atoms with Crippen LogP contribution in [-0.4, -0.2) is 22.6 Å². The minimum absolute atomic E-state index is 0.0475. The molecule has 0 atom stereocenters. The normalized spacial score (nSPS) is 10.8. The second-order valence-corrected chi connectivity index (χ2v) is 6.55. The van der Waals surface area contributed by atoms with Gasteiger partial charge < -0.3 is 4.74 Å². The Morgan fingerprint density at radius 1 is 1.14 bits per heavy atom. The van der Waals surface area contributed by atoms with E-state index < -0.39 is 10.0 Å². The highest BCUT2D eigenvalue weighted by molar-refractivity contribution is 7.92. The van der Waals surface area contributed by atoms with Gasteiger partial charge >= 0.3 is 0 Å². The Hall–Kier alpha value is -2.52. The van der Waals surface area contributed by atoms with Crippen LogP contribution in [0.5, 0.6) is 5.75 Å². The fourth-order valence-corrected chi connectivity index (χ4v) is 3.48. The van der Waals surface area contributed by atoms with E-state index in [4.69, 9.17) is 10.00 Å². The summed E-state index contributed by atoms with van der Waals surface area (Å²) >= 11 is 0. The first-order chi connectivity index (χ1) is 10.5. The van der Waals surface area contributed by atoms with Gasteiger partial charge in [-0.25, -0.2) is 8.42 Å². The average Bonchev–Trinajstić information content (AvgIpc) is 2.55. The summed E-state index contributed by atoms with van der Waals surface area (Å²) in [4.78, 5) is 0.148.